The summed E-state index contributed by atoms with van der Waals surface area (Å²) in [5.74, 6) is 0.784. The zero-order chi connectivity index (χ0) is 15.5. The van der Waals surface area contributed by atoms with Crippen LogP contribution in [0.2, 0.25) is 0 Å². The first-order valence-corrected chi connectivity index (χ1v) is 9.76. The summed E-state index contributed by atoms with van der Waals surface area (Å²) in [4.78, 5) is 0. The molecule has 0 amide bonds. The van der Waals surface area contributed by atoms with Crippen LogP contribution in [0.5, 0.6) is 5.75 Å². The third kappa shape index (κ3) is 4.97. The van der Waals surface area contributed by atoms with Gasteiger partial charge in [-0.3, -0.25) is 0 Å². The topological polar surface area (TPSA) is 55.4 Å². The number of hydrogen-bond acceptors (Lipinski definition) is 4. The third-order valence-electron chi connectivity index (χ3n) is 3.54. The van der Waals surface area contributed by atoms with Gasteiger partial charge in [0, 0.05) is 18.2 Å². The molecule has 4 nitrogen and oxygen atoms in total. The second kappa shape index (κ2) is 7.11. The Balaban J connectivity index is 1.97. The molecule has 1 aliphatic carbocycles. The lowest BCUT2D eigenvalue weighted by Gasteiger charge is -2.14. The van der Waals surface area contributed by atoms with Crippen LogP contribution in [0.1, 0.15) is 32.3 Å². The molecule has 0 aliphatic heterocycles. The minimum Gasteiger partial charge on any atom is -0.491 e. The summed E-state index contributed by atoms with van der Waals surface area (Å²) in [7, 11) is -3.07. The molecular formula is C15H22BrNO3S. The fourth-order valence-electron chi connectivity index (χ4n) is 1.89. The van der Waals surface area contributed by atoms with E-state index in [2.05, 4.69) is 21.2 Å². The van der Waals surface area contributed by atoms with Crippen molar-refractivity contribution in [2.75, 3.05) is 12.4 Å². The van der Waals surface area contributed by atoms with E-state index in [1.807, 2.05) is 18.2 Å². The molecule has 0 bridgehead atoms. The maximum atomic E-state index is 11.8. The number of sulfone groups is 1. The number of para-hydroxylation sites is 1. The molecule has 1 aromatic carbocycles. The van der Waals surface area contributed by atoms with Crippen LogP contribution in [-0.4, -0.2) is 32.1 Å². The predicted molar refractivity (Wildman–Crippen MR) is 88.4 cm³/mol. The van der Waals surface area contributed by atoms with Gasteiger partial charge in [-0.1, -0.05) is 12.1 Å². The lowest BCUT2D eigenvalue weighted by Crippen LogP contribution is -2.22. The highest BCUT2D eigenvalue weighted by Gasteiger charge is 2.21. The molecule has 0 spiro atoms. The van der Waals surface area contributed by atoms with Crippen molar-refractivity contribution >= 4 is 25.8 Å². The van der Waals surface area contributed by atoms with Crippen LogP contribution in [0, 0.1) is 0 Å². The Morgan fingerprint density at radius 1 is 1.38 bits per heavy atom. The van der Waals surface area contributed by atoms with E-state index in [4.69, 9.17) is 4.74 Å². The second-order valence-electron chi connectivity index (χ2n) is 5.65. The highest BCUT2D eigenvalue weighted by Crippen LogP contribution is 2.30. The standard InChI is InChI=1S/C15H22BrNO3S/c1-11(2)21(18,19)9-8-20-15-12(4-3-5-14(15)16)10-17-13-6-7-13/h3-5,11,13,17H,6-10H2,1-2H3. The number of rotatable bonds is 8. The van der Waals surface area contributed by atoms with Crippen molar-refractivity contribution in [3.63, 3.8) is 0 Å². The quantitative estimate of drug-likeness (QED) is 0.758. The van der Waals surface area contributed by atoms with Gasteiger partial charge in [0.25, 0.3) is 0 Å². The maximum Gasteiger partial charge on any atom is 0.155 e. The highest BCUT2D eigenvalue weighted by molar-refractivity contribution is 9.10. The summed E-state index contributed by atoms with van der Waals surface area (Å²) >= 11 is 3.48. The first-order chi connectivity index (χ1) is 9.90. The molecule has 118 valence electrons. The van der Waals surface area contributed by atoms with Gasteiger partial charge in [-0.05, 0) is 48.7 Å². The minimum absolute atomic E-state index is 0.0431. The van der Waals surface area contributed by atoms with Crippen molar-refractivity contribution in [2.45, 2.75) is 44.5 Å². The van der Waals surface area contributed by atoms with Crippen LogP contribution in [0.25, 0.3) is 0 Å². The van der Waals surface area contributed by atoms with Crippen molar-refractivity contribution in [1.29, 1.82) is 0 Å². The van der Waals surface area contributed by atoms with Gasteiger partial charge in [0.2, 0.25) is 0 Å². The summed E-state index contributed by atoms with van der Waals surface area (Å²) in [6.07, 6.45) is 2.47. The van der Waals surface area contributed by atoms with Crippen molar-refractivity contribution in [1.82, 2.24) is 5.32 Å². The molecule has 1 aromatic rings. The number of hydrogen-bond donors (Lipinski definition) is 1. The Labute approximate surface area is 135 Å². The second-order valence-corrected chi connectivity index (χ2v) is 9.18. The number of nitrogens with one attached hydrogen (secondary N) is 1. The first-order valence-electron chi connectivity index (χ1n) is 7.25. The summed E-state index contributed by atoms with van der Waals surface area (Å²) < 4.78 is 30.2. The van der Waals surface area contributed by atoms with Crippen LogP contribution in [0.4, 0.5) is 0 Å². The van der Waals surface area contributed by atoms with E-state index < -0.39 is 9.84 Å². The minimum atomic E-state index is -3.07. The maximum absolute atomic E-state index is 11.8. The van der Waals surface area contributed by atoms with Crippen molar-refractivity contribution in [3.8, 4) is 5.75 Å². The van der Waals surface area contributed by atoms with Gasteiger partial charge in [-0.15, -0.1) is 0 Å². The van der Waals surface area contributed by atoms with Crippen LogP contribution in [-0.2, 0) is 16.4 Å². The van der Waals surface area contributed by atoms with Gasteiger partial charge in [0.15, 0.2) is 9.84 Å². The Morgan fingerprint density at radius 2 is 2.10 bits per heavy atom. The van der Waals surface area contributed by atoms with Crippen LogP contribution in [0.15, 0.2) is 22.7 Å². The lowest BCUT2D eigenvalue weighted by atomic mass is 10.2. The predicted octanol–water partition coefficient (Wildman–Crippen LogP) is 2.90. The molecule has 1 saturated carbocycles. The van der Waals surface area contributed by atoms with E-state index >= 15 is 0 Å². The molecule has 0 atom stereocenters. The Morgan fingerprint density at radius 3 is 2.71 bits per heavy atom. The highest BCUT2D eigenvalue weighted by atomic mass is 79.9. The number of benzene rings is 1. The molecule has 1 N–H and O–H groups in total. The summed E-state index contributed by atoms with van der Waals surface area (Å²) in [6, 6.07) is 6.50. The van der Waals surface area contributed by atoms with E-state index in [9.17, 15) is 8.42 Å². The monoisotopic (exact) mass is 375 g/mol. The molecule has 0 unspecified atom stereocenters. The van der Waals surface area contributed by atoms with Gasteiger partial charge in [-0.2, -0.15) is 0 Å². The Bertz CT molecular complexity index is 583. The molecule has 0 aromatic heterocycles. The van der Waals surface area contributed by atoms with E-state index in [1.165, 1.54) is 12.8 Å². The smallest absolute Gasteiger partial charge is 0.155 e. The van der Waals surface area contributed by atoms with E-state index in [0.717, 1.165) is 22.3 Å². The fraction of sp³-hybridized carbons (Fsp3) is 0.600. The molecule has 2 rings (SSSR count). The van der Waals surface area contributed by atoms with Crippen molar-refractivity contribution in [2.24, 2.45) is 0 Å². The summed E-state index contributed by atoms with van der Waals surface area (Å²) in [5.41, 5.74) is 1.05. The normalized spacial score (nSPS) is 15.4. The number of halogens is 1. The summed E-state index contributed by atoms with van der Waals surface area (Å²) in [6.45, 7) is 4.31. The molecule has 0 heterocycles. The van der Waals surface area contributed by atoms with Crippen LogP contribution >= 0.6 is 15.9 Å². The van der Waals surface area contributed by atoms with Crippen molar-refractivity contribution in [3.05, 3.63) is 28.2 Å². The lowest BCUT2D eigenvalue weighted by molar-refractivity contribution is 0.333. The summed E-state index contributed by atoms with van der Waals surface area (Å²) in [5, 5.41) is 3.08. The first kappa shape index (κ1) is 16.8. The van der Waals surface area contributed by atoms with Crippen molar-refractivity contribution < 1.29 is 13.2 Å². The molecule has 1 fully saturated rings. The van der Waals surface area contributed by atoms with E-state index in [1.54, 1.807) is 13.8 Å². The Kier molecular flexibility index (Phi) is 5.68. The van der Waals surface area contributed by atoms with Crippen LogP contribution < -0.4 is 10.1 Å². The van der Waals surface area contributed by atoms with Gasteiger partial charge >= 0.3 is 0 Å². The average molecular weight is 376 g/mol. The van der Waals surface area contributed by atoms with E-state index in [-0.39, 0.29) is 17.6 Å². The Hall–Kier alpha value is -0.590. The largest absolute Gasteiger partial charge is 0.491 e. The van der Waals surface area contributed by atoms with Gasteiger partial charge in [-0.25, -0.2) is 8.42 Å². The third-order valence-corrected chi connectivity index (χ3v) is 6.34. The molecular weight excluding hydrogens is 354 g/mol. The fourth-order valence-corrected chi connectivity index (χ4v) is 3.20. The van der Waals surface area contributed by atoms with Gasteiger partial charge in [0.1, 0.15) is 12.4 Å². The molecule has 1 aliphatic rings. The molecule has 21 heavy (non-hydrogen) atoms. The number of ether oxygens (including phenoxy) is 1. The zero-order valence-corrected chi connectivity index (χ0v) is 14.8. The SMILES string of the molecule is CC(C)S(=O)(=O)CCOc1c(Br)cccc1CNC1CC1. The van der Waals surface area contributed by atoms with Gasteiger partial charge in [0.05, 0.1) is 15.5 Å². The molecule has 0 radical (unpaired) electrons. The zero-order valence-electron chi connectivity index (χ0n) is 12.4. The van der Waals surface area contributed by atoms with Crippen LogP contribution in [0.3, 0.4) is 0 Å². The van der Waals surface area contributed by atoms with Gasteiger partial charge < -0.3 is 10.1 Å². The van der Waals surface area contributed by atoms with E-state index in [0.29, 0.717) is 6.04 Å². The molecule has 6 heteroatoms. The molecule has 0 saturated heterocycles. The average Bonchev–Trinajstić information content (AvgIpc) is 3.22.